The Labute approximate surface area is 119 Å². The lowest BCUT2D eigenvalue weighted by molar-refractivity contribution is 0.223. The summed E-state index contributed by atoms with van der Waals surface area (Å²) in [5, 5.41) is 0.987. The van der Waals surface area contributed by atoms with Gasteiger partial charge in [-0.15, -0.1) is 0 Å². The monoisotopic (exact) mass is 338 g/mol. The van der Waals surface area contributed by atoms with Gasteiger partial charge in [-0.25, -0.2) is 0 Å². The molecule has 2 fully saturated rings. The number of hydrogen-bond donors (Lipinski definition) is 0. The first-order valence-corrected chi connectivity index (χ1v) is 9.40. The van der Waals surface area contributed by atoms with Crippen LogP contribution < -0.4 is 0 Å². The summed E-state index contributed by atoms with van der Waals surface area (Å²) < 4.78 is 28.6. The SMILES string of the molecule is CC1CCCCN1S(=O)(=O)N1CCC(CBr)CC1. The van der Waals surface area contributed by atoms with E-state index in [1.54, 1.807) is 8.61 Å². The van der Waals surface area contributed by atoms with E-state index in [2.05, 4.69) is 15.9 Å². The van der Waals surface area contributed by atoms with Crippen LogP contribution in [0.5, 0.6) is 0 Å². The zero-order chi connectivity index (χ0) is 13.2. The molecular weight excluding hydrogens is 316 g/mol. The van der Waals surface area contributed by atoms with E-state index in [9.17, 15) is 8.42 Å². The molecule has 2 aliphatic rings. The fraction of sp³-hybridized carbons (Fsp3) is 1.00. The van der Waals surface area contributed by atoms with Crippen molar-refractivity contribution in [1.82, 2.24) is 8.61 Å². The molecule has 2 rings (SSSR count). The molecule has 0 radical (unpaired) electrons. The van der Waals surface area contributed by atoms with Gasteiger partial charge in [0.1, 0.15) is 0 Å². The highest BCUT2D eigenvalue weighted by Crippen LogP contribution is 2.26. The minimum atomic E-state index is -3.21. The molecule has 0 spiro atoms. The molecule has 2 saturated heterocycles. The molecule has 0 aliphatic carbocycles. The van der Waals surface area contributed by atoms with Crippen molar-refractivity contribution in [2.45, 2.75) is 45.1 Å². The summed E-state index contributed by atoms with van der Waals surface area (Å²) in [5.41, 5.74) is 0. The second-order valence-electron chi connectivity index (χ2n) is 5.46. The van der Waals surface area contributed by atoms with Crippen LogP contribution in [0.1, 0.15) is 39.0 Å². The van der Waals surface area contributed by atoms with E-state index >= 15 is 0 Å². The van der Waals surface area contributed by atoms with Gasteiger partial charge < -0.3 is 0 Å². The predicted molar refractivity (Wildman–Crippen MR) is 77.0 cm³/mol. The van der Waals surface area contributed by atoms with Crippen LogP contribution in [0.15, 0.2) is 0 Å². The van der Waals surface area contributed by atoms with Gasteiger partial charge >= 0.3 is 0 Å². The lowest BCUT2D eigenvalue weighted by atomic mass is 10.0. The molecule has 18 heavy (non-hydrogen) atoms. The van der Waals surface area contributed by atoms with Crippen LogP contribution in [0.4, 0.5) is 0 Å². The van der Waals surface area contributed by atoms with Crippen molar-refractivity contribution in [2.75, 3.05) is 25.0 Å². The molecule has 1 atom stereocenters. The van der Waals surface area contributed by atoms with Crippen molar-refractivity contribution < 1.29 is 8.42 Å². The molecule has 0 bridgehead atoms. The van der Waals surface area contributed by atoms with Gasteiger partial charge in [-0.05, 0) is 38.5 Å². The highest BCUT2D eigenvalue weighted by molar-refractivity contribution is 9.09. The largest absolute Gasteiger partial charge is 0.282 e. The molecule has 6 heteroatoms. The number of halogens is 1. The number of alkyl halides is 1. The second kappa shape index (κ2) is 6.20. The first kappa shape index (κ1) is 14.8. The third-order valence-electron chi connectivity index (χ3n) is 4.16. The molecule has 4 nitrogen and oxygen atoms in total. The summed E-state index contributed by atoms with van der Waals surface area (Å²) >= 11 is 3.49. The smallest absolute Gasteiger partial charge is 0.195 e. The average molecular weight is 339 g/mol. The Morgan fingerprint density at radius 2 is 1.78 bits per heavy atom. The Morgan fingerprint density at radius 1 is 1.11 bits per heavy atom. The van der Waals surface area contributed by atoms with Crippen molar-refractivity contribution in [3.63, 3.8) is 0 Å². The molecule has 2 heterocycles. The van der Waals surface area contributed by atoms with Crippen LogP contribution in [0.2, 0.25) is 0 Å². The Balaban J connectivity index is 2.02. The maximum absolute atomic E-state index is 12.6. The molecular formula is C12H23BrN2O2S. The van der Waals surface area contributed by atoms with E-state index in [1.807, 2.05) is 6.92 Å². The van der Waals surface area contributed by atoms with E-state index in [0.717, 1.165) is 37.4 Å². The van der Waals surface area contributed by atoms with E-state index in [1.165, 1.54) is 0 Å². The Hall–Kier alpha value is 0.350. The average Bonchev–Trinajstić information content (AvgIpc) is 2.39. The van der Waals surface area contributed by atoms with E-state index < -0.39 is 10.2 Å². The summed E-state index contributed by atoms with van der Waals surface area (Å²) in [6.45, 7) is 4.09. The molecule has 106 valence electrons. The van der Waals surface area contributed by atoms with Gasteiger partial charge in [0.05, 0.1) is 0 Å². The van der Waals surface area contributed by atoms with Gasteiger partial charge in [-0.2, -0.15) is 17.0 Å². The zero-order valence-corrected chi connectivity index (χ0v) is 13.4. The van der Waals surface area contributed by atoms with Crippen molar-refractivity contribution in [3.05, 3.63) is 0 Å². The molecule has 0 aromatic carbocycles. The molecule has 1 unspecified atom stereocenters. The van der Waals surface area contributed by atoms with E-state index in [-0.39, 0.29) is 6.04 Å². The highest BCUT2D eigenvalue weighted by Gasteiger charge is 2.36. The number of nitrogens with zero attached hydrogens (tertiary/aromatic N) is 2. The van der Waals surface area contributed by atoms with Crippen LogP contribution in [-0.4, -0.2) is 48.0 Å². The summed E-state index contributed by atoms with van der Waals surface area (Å²) in [7, 11) is -3.21. The van der Waals surface area contributed by atoms with Crippen LogP contribution in [0.3, 0.4) is 0 Å². The molecule has 0 amide bonds. The summed E-state index contributed by atoms with van der Waals surface area (Å²) in [5.74, 6) is 0.634. The number of hydrogen-bond acceptors (Lipinski definition) is 2. The van der Waals surface area contributed by atoms with Crippen molar-refractivity contribution in [2.24, 2.45) is 5.92 Å². The fourth-order valence-electron chi connectivity index (χ4n) is 2.86. The van der Waals surface area contributed by atoms with Crippen molar-refractivity contribution >= 4 is 26.1 Å². The van der Waals surface area contributed by atoms with Crippen LogP contribution in [0.25, 0.3) is 0 Å². The third kappa shape index (κ3) is 3.08. The molecule has 2 aliphatic heterocycles. The summed E-state index contributed by atoms with van der Waals surface area (Å²) in [6, 6.07) is 0.164. The van der Waals surface area contributed by atoms with E-state index in [0.29, 0.717) is 25.6 Å². The van der Waals surface area contributed by atoms with E-state index in [4.69, 9.17) is 0 Å². The lowest BCUT2D eigenvalue weighted by Crippen LogP contribution is -2.51. The van der Waals surface area contributed by atoms with Crippen molar-refractivity contribution in [1.29, 1.82) is 0 Å². The Morgan fingerprint density at radius 3 is 2.33 bits per heavy atom. The standard InChI is InChI=1S/C12H23BrN2O2S/c1-11-4-2-3-7-15(11)18(16,17)14-8-5-12(10-13)6-9-14/h11-12H,2-10H2,1H3. The topological polar surface area (TPSA) is 40.6 Å². The normalized spacial score (nSPS) is 29.6. The Kier molecular flexibility index (Phi) is 5.08. The minimum absolute atomic E-state index is 0.164. The maximum atomic E-state index is 12.6. The third-order valence-corrected chi connectivity index (χ3v) is 7.22. The van der Waals surface area contributed by atoms with Gasteiger partial charge in [0.25, 0.3) is 10.2 Å². The molecule has 0 aromatic heterocycles. The van der Waals surface area contributed by atoms with Crippen LogP contribution in [-0.2, 0) is 10.2 Å². The number of piperidine rings is 2. The van der Waals surface area contributed by atoms with Crippen LogP contribution in [0, 0.1) is 5.92 Å². The Bertz CT molecular complexity index is 366. The lowest BCUT2D eigenvalue weighted by Gasteiger charge is -2.38. The predicted octanol–water partition coefficient (Wildman–Crippen LogP) is 2.21. The van der Waals surface area contributed by atoms with Gasteiger partial charge in [-0.3, -0.25) is 0 Å². The number of rotatable bonds is 3. The first-order chi connectivity index (χ1) is 8.55. The highest BCUT2D eigenvalue weighted by atomic mass is 79.9. The fourth-order valence-corrected chi connectivity index (χ4v) is 5.39. The van der Waals surface area contributed by atoms with Crippen LogP contribution >= 0.6 is 15.9 Å². The first-order valence-electron chi connectivity index (χ1n) is 6.88. The molecule has 0 N–H and O–H groups in total. The van der Waals surface area contributed by atoms with Gasteiger partial charge in [0, 0.05) is 31.0 Å². The quantitative estimate of drug-likeness (QED) is 0.740. The minimum Gasteiger partial charge on any atom is -0.195 e. The van der Waals surface area contributed by atoms with Crippen molar-refractivity contribution in [3.8, 4) is 0 Å². The summed E-state index contributed by atoms with van der Waals surface area (Å²) in [6.07, 6.45) is 5.11. The second-order valence-corrected chi connectivity index (χ2v) is 7.99. The van der Waals surface area contributed by atoms with Gasteiger partial charge in [0.2, 0.25) is 0 Å². The summed E-state index contributed by atoms with van der Waals surface area (Å²) in [4.78, 5) is 0. The molecule has 0 saturated carbocycles. The molecule has 0 aromatic rings. The van der Waals surface area contributed by atoms with Gasteiger partial charge in [-0.1, -0.05) is 22.4 Å². The maximum Gasteiger partial charge on any atom is 0.282 e. The zero-order valence-electron chi connectivity index (χ0n) is 11.0. The van der Waals surface area contributed by atoms with Gasteiger partial charge in [0.15, 0.2) is 0 Å².